The molecule has 0 spiro atoms. The molecule has 0 aliphatic rings. The summed E-state index contributed by atoms with van der Waals surface area (Å²) >= 11 is 0. The number of benzene rings is 1. The second-order valence-corrected chi connectivity index (χ2v) is 4.68. The van der Waals surface area contributed by atoms with E-state index < -0.39 is 0 Å². The van der Waals surface area contributed by atoms with Crippen molar-refractivity contribution < 1.29 is 4.74 Å². The van der Waals surface area contributed by atoms with Gasteiger partial charge in [0.25, 0.3) is 5.56 Å². The summed E-state index contributed by atoms with van der Waals surface area (Å²) in [5.41, 5.74) is 3.03. The largest absolute Gasteiger partial charge is 0.373 e. The number of aryl methyl sites for hydroxylation is 1. The van der Waals surface area contributed by atoms with Gasteiger partial charge in [-0.2, -0.15) is 5.26 Å². The summed E-state index contributed by atoms with van der Waals surface area (Å²) in [6.07, 6.45) is 1.70. The van der Waals surface area contributed by atoms with Gasteiger partial charge in [-0.05, 0) is 24.1 Å². The van der Waals surface area contributed by atoms with E-state index in [1.807, 2.05) is 36.4 Å². The lowest BCUT2D eigenvalue weighted by molar-refractivity contribution is 0.149. The number of H-pyrrole nitrogens is 1. The van der Waals surface area contributed by atoms with Gasteiger partial charge in [-0.25, -0.2) is 0 Å². The minimum absolute atomic E-state index is 0.135. The summed E-state index contributed by atoms with van der Waals surface area (Å²) in [4.78, 5) is 14.4. The lowest BCUT2D eigenvalue weighted by Gasteiger charge is -2.07. The van der Waals surface area contributed by atoms with Crippen LogP contribution in [0.2, 0.25) is 0 Å². The van der Waals surface area contributed by atoms with Crippen LogP contribution >= 0.6 is 0 Å². The van der Waals surface area contributed by atoms with Crippen LogP contribution in [0.15, 0.2) is 47.8 Å². The predicted molar refractivity (Wildman–Crippen MR) is 81.8 cm³/mol. The lowest BCUT2D eigenvalue weighted by Crippen LogP contribution is -2.12. The quantitative estimate of drug-likeness (QED) is 0.676. The summed E-state index contributed by atoms with van der Waals surface area (Å²) in [7, 11) is 0. The zero-order valence-electron chi connectivity index (χ0n) is 11.8. The number of nitrogens with zero attached hydrogens (tertiary/aromatic N) is 1. The van der Waals surface area contributed by atoms with Gasteiger partial charge in [-0.15, -0.1) is 6.58 Å². The molecule has 0 radical (unpaired) electrons. The van der Waals surface area contributed by atoms with Gasteiger partial charge in [-0.1, -0.05) is 30.3 Å². The van der Waals surface area contributed by atoms with Crippen LogP contribution in [0, 0.1) is 18.3 Å². The molecule has 2 rings (SSSR count). The van der Waals surface area contributed by atoms with Crippen molar-refractivity contribution in [1.82, 2.24) is 4.98 Å². The summed E-state index contributed by atoms with van der Waals surface area (Å²) in [6.45, 7) is 6.40. The van der Waals surface area contributed by atoms with Crippen molar-refractivity contribution in [2.24, 2.45) is 0 Å². The topological polar surface area (TPSA) is 65.9 Å². The highest BCUT2D eigenvalue weighted by molar-refractivity contribution is 5.70. The van der Waals surface area contributed by atoms with E-state index in [4.69, 9.17) is 10.00 Å². The van der Waals surface area contributed by atoms with E-state index in [9.17, 15) is 4.79 Å². The van der Waals surface area contributed by atoms with Crippen LogP contribution in [0.3, 0.4) is 0 Å². The molecular formula is C17H16N2O2. The Morgan fingerprint density at radius 3 is 2.71 bits per heavy atom. The highest BCUT2D eigenvalue weighted by atomic mass is 16.5. The maximum Gasteiger partial charge on any atom is 0.266 e. The number of nitriles is 1. The molecule has 0 saturated heterocycles. The molecule has 4 heteroatoms. The molecule has 0 atom stereocenters. The van der Waals surface area contributed by atoms with Crippen LogP contribution in [0.4, 0.5) is 0 Å². The van der Waals surface area contributed by atoms with Crippen molar-refractivity contribution in [1.29, 1.82) is 5.26 Å². The van der Waals surface area contributed by atoms with Crippen molar-refractivity contribution in [3.63, 3.8) is 0 Å². The zero-order valence-corrected chi connectivity index (χ0v) is 11.8. The fourth-order valence-electron chi connectivity index (χ4n) is 2.07. The molecule has 0 unspecified atom stereocenters. The second-order valence-electron chi connectivity index (χ2n) is 4.68. The molecular weight excluding hydrogens is 264 g/mol. The number of hydrogen-bond acceptors (Lipinski definition) is 3. The standard InChI is InChI=1S/C17H16N2O2/c1-3-8-21-11-13-4-6-14(7-5-13)15-9-12(2)19-17(20)16(15)10-18/h3-7,9H,1,8,11H2,2H3,(H,19,20). The van der Waals surface area contributed by atoms with Crippen LogP contribution in [0.5, 0.6) is 0 Å². The Bertz CT molecular complexity index is 737. The zero-order chi connectivity index (χ0) is 15.2. The Labute approximate surface area is 123 Å². The van der Waals surface area contributed by atoms with E-state index in [0.717, 1.165) is 16.8 Å². The molecule has 0 saturated carbocycles. The number of rotatable bonds is 5. The van der Waals surface area contributed by atoms with Crippen LogP contribution in [-0.4, -0.2) is 11.6 Å². The van der Waals surface area contributed by atoms with Crippen LogP contribution < -0.4 is 5.56 Å². The van der Waals surface area contributed by atoms with Crippen molar-refractivity contribution in [3.8, 4) is 17.2 Å². The van der Waals surface area contributed by atoms with E-state index in [1.165, 1.54) is 0 Å². The first-order chi connectivity index (χ1) is 10.2. The van der Waals surface area contributed by atoms with Gasteiger partial charge in [0.15, 0.2) is 0 Å². The van der Waals surface area contributed by atoms with Gasteiger partial charge in [0.05, 0.1) is 13.2 Å². The van der Waals surface area contributed by atoms with E-state index in [2.05, 4.69) is 11.6 Å². The molecule has 4 nitrogen and oxygen atoms in total. The molecule has 2 aromatic rings. The predicted octanol–water partition coefficient (Wildman–Crippen LogP) is 2.92. The molecule has 1 aromatic heterocycles. The fraction of sp³-hybridized carbons (Fsp3) is 0.176. The minimum atomic E-state index is -0.356. The summed E-state index contributed by atoms with van der Waals surface area (Å²) in [5.74, 6) is 0. The molecule has 0 fully saturated rings. The number of ether oxygens (including phenoxy) is 1. The van der Waals surface area contributed by atoms with Crippen molar-refractivity contribution in [2.45, 2.75) is 13.5 Å². The first-order valence-corrected chi connectivity index (χ1v) is 6.57. The number of aromatic amines is 1. The highest BCUT2D eigenvalue weighted by Crippen LogP contribution is 2.22. The third-order valence-corrected chi connectivity index (χ3v) is 3.05. The Morgan fingerprint density at radius 2 is 2.10 bits per heavy atom. The average Bonchev–Trinajstić information content (AvgIpc) is 2.47. The summed E-state index contributed by atoms with van der Waals surface area (Å²) < 4.78 is 5.37. The number of hydrogen-bond donors (Lipinski definition) is 1. The highest BCUT2D eigenvalue weighted by Gasteiger charge is 2.10. The second kappa shape index (κ2) is 6.69. The van der Waals surface area contributed by atoms with Crippen LogP contribution in [-0.2, 0) is 11.3 Å². The smallest absolute Gasteiger partial charge is 0.266 e. The maximum absolute atomic E-state index is 11.8. The maximum atomic E-state index is 11.8. The van der Waals surface area contributed by atoms with Crippen LogP contribution in [0.1, 0.15) is 16.8 Å². The molecule has 1 N–H and O–H groups in total. The normalized spacial score (nSPS) is 10.1. The molecule has 0 amide bonds. The number of nitrogens with one attached hydrogen (secondary N) is 1. The molecule has 1 aromatic carbocycles. The molecule has 0 aliphatic heterocycles. The molecule has 0 bridgehead atoms. The van der Waals surface area contributed by atoms with Crippen molar-refractivity contribution >= 4 is 0 Å². The van der Waals surface area contributed by atoms with Gasteiger partial charge in [0.2, 0.25) is 0 Å². The number of aromatic nitrogens is 1. The fourth-order valence-corrected chi connectivity index (χ4v) is 2.07. The lowest BCUT2D eigenvalue weighted by atomic mass is 10.00. The Kier molecular flexibility index (Phi) is 4.70. The van der Waals surface area contributed by atoms with Crippen LogP contribution in [0.25, 0.3) is 11.1 Å². The van der Waals surface area contributed by atoms with Gasteiger partial charge >= 0.3 is 0 Å². The number of pyridine rings is 1. The summed E-state index contributed by atoms with van der Waals surface area (Å²) in [5, 5.41) is 9.15. The SMILES string of the molecule is C=CCOCc1ccc(-c2cc(C)[nH]c(=O)c2C#N)cc1. The molecule has 21 heavy (non-hydrogen) atoms. The molecule has 0 aliphatic carbocycles. The van der Waals surface area contributed by atoms with Gasteiger partial charge < -0.3 is 9.72 Å². The van der Waals surface area contributed by atoms with Gasteiger partial charge in [-0.3, -0.25) is 4.79 Å². The van der Waals surface area contributed by atoms with E-state index in [1.54, 1.807) is 13.0 Å². The van der Waals surface area contributed by atoms with Gasteiger partial charge in [0.1, 0.15) is 11.6 Å². The monoisotopic (exact) mass is 280 g/mol. The Morgan fingerprint density at radius 1 is 1.38 bits per heavy atom. The Hall–Kier alpha value is -2.64. The average molecular weight is 280 g/mol. The van der Waals surface area contributed by atoms with Crippen molar-refractivity contribution in [3.05, 3.63) is 70.2 Å². The van der Waals surface area contributed by atoms with Crippen molar-refractivity contribution in [2.75, 3.05) is 6.61 Å². The minimum Gasteiger partial charge on any atom is -0.373 e. The van der Waals surface area contributed by atoms with E-state index in [0.29, 0.717) is 18.8 Å². The van der Waals surface area contributed by atoms with E-state index in [-0.39, 0.29) is 11.1 Å². The van der Waals surface area contributed by atoms with E-state index >= 15 is 0 Å². The first-order valence-electron chi connectivity index (χ1n) is 6.57. The third kappa shape index (κ3) is 3.47. The first kappa shape index (κ1) is 14.8. The molecule has 1 heterocycles. The molecule has 106 valence electrons. The Balaban J connectivity index is 2.33. The third-order valence-electron chi connectivity index (χ3n) is 3.05. The van der Waals surface area contributed by atoms with Gasteiger partial charge in [0, 0.05) is 11.3 Å². The summed E-state index contributed by atoms with van der Waals surface area (Å²) in [6, 6.07) is 11.4.